The van der Waals surface area contributed by atoms with E-state index in [9.17, 15) is 9.59 Å². The van der Waals surface area contributed by atoms with Crippen molar-refractivity contribution >= 4 is 45.0 Å². The Hall–Kier alpha value is -3.04. The average molecular weight is 449 g/mol. The number of nitrogens with zero attached hydrogens (tertiary/aromatic N) is 2. The summed E-state index contributed by atoms with van der Waals surface area (Å²) in [7, 11) is 0. The van der Waals surface area contributed by atoms with E-state index in [1.165, 1.54) is 11.3 Å². The molecule has 3 aromatic rings. The number of carbonyl (C=O) groups excluding carboxylic acids is 2. The summed E-state index contributed by atoms with van der Waals surface area (Å²) in [5.74, 6) is 0.762. The van der Waals surface area contributed by atoms with E-state index in [0.29, 0.717) is 32.6 Å². The van der Waals surface area contributed by atoms with Crippen molar-refractivity contribution in [2.24, 2.45) is 4.99 Å². The smallest absolute Gasteiger partial charge is 0.326 e. The van der Waals surface area contributed by atoms with Crippen LogP contribution in [0, 0.1) is 0 Å². The minimum absolute atomic E-state index is 0.0857. The summed E-state index contributed by atoms with van der Waals surface area (Å²) in [4.78, 5) is 29.0. The van der Waals surface area contributed by atoms with Crippen LogP contribution in [0.5, 0.6) is 17.2 Å². The number of hydrogen-bond donors (Lipinski definition) is 0. The molecule has 0 N–H and O–H groups in total. The first kappa shape index (κ1) is 20.2. The third kappa shape index (κ3) is 4.42. The predicted octanol–water partition coefficient (Wildman–Crippen LogP) is 3.15. The molecule has 0 saturated heterocycles. The Kier molecular flexibility index (Phi) is 5.91. The van der Waals surface area contributed by atoms with Crippen LogP contribution >= 0.6 is 22.9 Å². The minimum atomic E-state index is -0.492. The second-order valence-electron chi connectivity index (χ2n) is 6.20. The Morgan fingerprint density at radius 2 is 1.93 bits per heavy atom. The van der Waals surface area contributed by atoms with Gasteiger partial charge in [-0.15, -0.1) is 0 Å². The van der Waals surface area contributed by atoms with E-state index in [2.05, 4.69) is 4.99 Å². The molecule has 0 spiro atoms. The number of fused-ring (bicyclic) bond motifs is 2. The monoisotopic (exact) mass is 448 g/mol. The molecule has 1 aliphatic rings. The van der Waals surface area contributed by atoms with Crippen molar-refractivity contribution in [1.29, 1.82) is 0 Å². The summed E-state index contributed by atoms with van der Waals surface area (Å²) < 4.78 is 23.8. The van der Waals surface area contributed by atoms with Crippen molar-refractivity contribution in [2.45, 2.75) is 13.5 Å². The van der Waals surface area contributed by atoms with Gasteiger partial charge in [0, 0.05) is 17.2 Å². The lowest BCUT2D eigenvalue weighted by Crippen LogP contribution is -2.24. The van der Waals surface area contributed by atoms with Crippen molar-refractivity contribution in [1.82, 2.24) is 4.57 Å². The van der Waals surface area contributed by atoms with E-state index >= 15 is 0 Å². The molecule has 1 amide bonds. The number of ether oxygens (including phenoxy) is 4. The van der Waals surface area contributed by atoms with Gasteiger partial charge in [-0.25, -0.2) is 0 Å². The Labute approximate surface area is 180 Å². The highest BCUT2D eigenvalue weighted by Gasteiger charge is 2.19. The number of amides is 1. The molecule has 0 unspecified atom stereocenters. The molecule has 0 radical (unpaired) electrons. The van der Waals surface area contributed by atoms with Crippen molar-refractivity contribution in [3.8, 4) is 17.2 Å². The minimum Gasteiger partial charge on any atom is -0.484 e. The summed E-state index contributed by atoms with van der Waals surface area (Å²) in [5.41, 5.74) is 0.697. The van der Waals surface area contributed by atoms with Crippen LogP contribution in [0.1, 0.15) is 6.92 Å². The van der Waals surface area contributed by atoms with Gasteiger partial charge in [-0.05, 0) is 31.2 Å². The molecular weight excluding hydrogens is 432 g/mol. The largest absolute Gasteiger partial charge is 0.484 e. The van der Waals surface area contributed by atoms with Gasteiger partial charge in [0.15, 0.2) is 22.9 Å². The van der Waals surface area contributed by atoms with Crippen molar-refractivity contribution in [2.75, 3.05) is 20.0 Å². The zero-order valence-electron chi connectivity index (χ0n) is 15.9. The molecule has 0 saturated carbocycles. The molecule has 2 heterocycles. The number of aromatic nitrogens is 1. The number of hydrogen-bond acceptors (Lipinski definition) is 7. The maximum Gasteiger partial charge on any atom is 0.326 e. The van der Waals surface area contributed by atoms with Crippen LogP contribution in [-0.2, 0) is 20.9 Å². The number of halogens is 1. The molecule has 0 atom stereocenters. The fraction of sp³-hybridized carbons (Fsp3) is 0.250. The van der Waals surface area contributed by atoms with Gasteiger partial charge < -0.3 is 23.5 Å². The van der Waals surface area contributed by atoms with Crippen molar-refractivity contribution in [3.05, 3.63) is 46.2 Å². The number of rotatable bonds is 6. The molecular formula is C20H17ClN2O6S. The Morgan fingerprint density at radius 3 is 2.67 bits per heavy atom. The SMILES string of the molecule is CCOC(=O)Cn1c(=NC(=O)COc2ccc(Cl)cc2)sc2cc3c(cc21)OCO3. The zero-order valence-corrected chi connectivity index (χ0v) is 17.5. The van der Waals surface area contributed by atoms with Crippen molar-refractivity contribution < 1.29 is 28.5 Å². The molecule has 0 fully saturated rings. The summed E-state index contributed by atoms with van der Waals surface area (Å²) in [6.07, 6.45) is 0. The second-order valence-corrected chi connectivity index (χ2v) is 7.64. The molecule has 0 bridgehead atoms. The lowest BCUT2D eigenvalue weighted by molar-refractivity contribution is -0.143. The predicted molar refractivity (Wildman–Crippen MR) is 110 cm³/mol. The van der Waals surface area contributed by atoms with Gasteiger partial charge in [-0.3, -0.25) is 9.59 Å². The number of thiazole rings is 1. The molecule has 10 heteroatoms. The second kappa shape index (κ2) is 8.76. The lowest BCUT2D eigenvalue weighted by atomic mass is 10.3. The van der Waals surface area contributed by atoms with Crippen molar-refractivity contribution in [3.63, 3.8) is 0 Å². The quantitative estimate of drug-likeness (QED) is 0.538. The van der Waals surface area contributed by atoms with Crippen LogP contribution in [0.2, 0.25) is 5.02 Å². The highest BCUT2D eigenvalue weighted by Crippen LogP contribution is 2.37. The zero-order chi connectivity index (χ0) is 21.1. The normalized spacial score (nSPS) is 12.9. The van der Waals surface area contributed by atoms with E-state index in [1.807, 2.05) is 0 Å². The molecule has 8 nitrogen and oxygen atoms in total. The molecule has 1 aliphatic heterocycles. The van der Waals surface area contributed by atoms with Gasteiger partial charge in [-0.1, -0.05) is 22.9 Å². The van der Waals surface area contributed by atoms with Gasteiger partial charge >= 0.3 is 5.97 Å². The Bertz CT molecular complexity index is 1170. The Morgan fingerprint density at radius 1 is 1.20 bits per heavy atom. The lowest BCUT2D eigenvalue weighted by Gasteiger charge is -2.06. The van der Waals surface area contributed by atoms with Crippen LogP contribution in [0.3, 0.4) is 0 Å². The highest BCUT2D eigenvalue weighted by molar-refractivity contribution is 7.16. The number of carbonyl (C=O) groups is 2. The maximum atomic E-state index is 12.4. The summed E-state index contributed by atoms with van der Waals surface area (Å²) in [6, 6.07) is 10.2. The number of esters is 1. The molecule has 2 aromatic carbocycles. The first-order chi connectivity index (χ1) is 14.5. The van der Waals surface area contributed by atoms with E-state index in [1.54, 1.807) is 47.9 Å². The number of benzene rings is 2. The molecule has 1 aromatic heterocycles. The fourth-order valence-corrected chi connectivity index (χ4v) is 4.03. The van der Waals surface area contributed by atoms with E-state index < -0.39 is 11.9 Å². The first-order valence-corrected chi connectivity index (χ1v) is 10.3. The third-order valence-electron chi connectivity index (χ3n) is 4.17. The average Bonchev–Trinajstić information content (AvgIpc) is 3.30. The molecule has 156 valence electrons. The maximum absolute atomic E-state index is 12.4. The Balaban J connectivity index is 1.64. The van der Waals surface area contributed by atoms with Crippen LogP contribution in [0.4, 0.5) is 0 Å². The van der Waals surface area contributed by atoms with Gasteiger partial charge in [-0.2, -0.15) is 4.99 Å². The van der Waals surface area contributed by atoms with Gasteiger partial charge in [0.25, 0.3) is 5.91 Å². The third-order valence-corrected chi connectivity index (χ3v) is 5.46. The molecule has 30 heavy (non-hydrogen) atoms. The van der Waals surface area contributed by atoms with Gasteiger partial charge in [0.2, 0.25) is 6.79 Å². The molecule has 0 aliphatic carbocycles. The van der Waals surface area contributed by atoms with Gasteiger partial charge in [0.1, 0.15) is 12.3 Å². The molecule has 4 rings (SSSR count). The van der Waals surface area contributed by atoms with Crippen LogP contribution < -0.4 is 19.0 Å². The summed E-state index contributed by atoms with van der Waals surface area (Å²) in [6.45, 7) is 1.79. The fourth-order valence-electron chi connectivity index (χ4n) is 2.85. The topological polar surface area (TPSA) is 88.4 Å². The van der Waals surface area contributed by atoms with Crippen LogP contribution in [0.15, 0.2) is 41.4 Å². The van der Waals surface area contributed by atoms with Crippen LogP contribution in [0.25, 0.3) is 10.2 Å². The van der Waals surface area contributed by atoms with E-state index in [4.69, 9.17) is 30.5 Å². The highest BCUT2D eigenvalue weighted by atomic mass is 35.5. The van der Waals surface area contributed by atoms with Crippen LogP contribution in [-0.4, -0.2) is 36.5 Å². The standard InChI is InChI=1S/C20H17ClN2O6S/c1-2-26-19(25)9-23-14-7-15-16(29-11-28-15)8-17(14)30-20(23)22-18(24)10-27-13-5-3-12(21)4-6-13/h3-8H,2,9-11H2,1H3. The van der Waals surface area contributed by atoms with E-state index in [0.717, 1.165) is 4.70 Å². The van der Waals surface area contributed by atoms with E-state index in [-0.39, 0.29) is 26.6 Å². The first-order valence-electron chi connectivity index (χ1n) is 9.08. The van der Waals surface area contributed by atoms with Gasteiger partial charge in [0.05, 0.1) is 16.8 Å². The summed E-state index contributed by atoms with van der Waals surface area (Å²) in [5, 5.41) is 0.573. The summed E-state index contributed by atoms with van der Waals surface area (Å²) >= 11 is 7.10.